The van der Waals surface area contributed by atoms with Gasteiger partial charge < -0.3 is 24.7 Å². The van der Waals surface area contributed by atoms with Gasteiger partial charge in [-0.3, -0.25) is 9.59 Å². The summed E-state index contributed by atoms with van der Waals surface area (Å²) in [5.41, 5.74) is 2.01. The highest BCUT2D eigenvalue weighted by molar-refractivity contribution is 5.96. The van der Waals surface area contributed by atoms with Crippen LogP contribution in [0.1, 0.15) is 45.9 Å². The zero-order valence-electron chi connectivity index (χ0n) is 23.3. The third-order valence-electron chi connectivity index (χ3n) is 6.67. The second-order valence-corrected chi connectivity index (χ2v) is 9.54. The summed E-state index contributed by atoms with van der Waals surface area (Å²) in [6, 6.07) is 29.9. The number of nitrogens with zero attached hydrogens (tertiary/aromatic N) is 1. The van der Waals surface area contributed by atoms with E-state index in [2.05, 4.69) is 10.6 Å². The van der Waals surface area contributed by atoms with Gasteiger partial charge in [-0.2, -0.15) is 0 Å². The zero-order chi connectivity index (χ0) is 29.7. The number of methoxy groups -OCH3 is 1. The standard InChI is InChI=1S/C33H33N3O6/c1-41-32(39)28(20-11-21-34-33(40)42-23-24-13-5-2-6-14-24)35-30(37)27-19-12-22-36(31(27)38)29(25-15-7-3-8-16-25)26-17-9-4-10-18-26/h2-10,12-19,22,28-29H,11,20-21,23H2,1H3,(H,34,40)(H,35,37)/t28-/m0/s1. The van der Waals surface area contributed by atoms with E-state index in [-0.39, 0.29) is 25.1 Å². The van der Waals surface area contributed by atoms with E-state index in [9.17, 15) is 19.2 Å². The van der Waals surface area contributed by atoms with Crippen molar-refractivity contribution in [3.05, 3.63) is 142 Å². The number of benzene rings is 3. The smallest absolute Gasteiger partial charge is 0.407 e. The first-order chi connectivity index (χ1) is 20.5. The summed E-state index contributed by atoms with van der Waals surface area (Å²) in [5, 5.41) is 5.27. The molecule has 4 aromatic rings. The maximum absolute atomic E-state index is 13.6. The molecular weight excluding hydrogens is 534 g/mol. The average molecular weight is 568 g/mol. The molecule has 0 aliphatic rings. The lowest BCUT2D eigenvalue weighted by Gasteiger charge is -2.22. The molecule has 0 fully saturated rings. The molecule has 0 bridgehead atoms. The molecule has 3 aromatic carbocycles. The molecule has 216 valence electrons. The molecule has 0 unspecified atom stereocenters. The third-order valence-corrected chi connectivity index (χ3v) is 6.67. The highest BCUT2D eigenvalue weighted by Gasteiger charge is 2.25. The predicted molar refractivity (Wildman–Crippen MR) is 158 cm³/mol. The monoisotopic (exact) mass is 567 g/mol. The Morgan fingerprint density at radius 1 is 0.810 bits per heavy atom. The van der Waals surface area contributed by atoms with E-state index in [1.165, 1.54) is 17.7 Å². The number of carbonyl (C=O) groups is 3. The van der Waals surface area contributed by atoms with Gasteiger partial charge in [-0.05, 0) is 41.7 Å². The van der Waals surface area contributed by atoms with Crippen molar-refractivity contribution in [2.24, 2.45) is 0 Å². The highest BCUT2D eigenvalue weighted by Crippen LogP contribution is 2.25. The van der Waals surface area contributed by atoms with Gasteiger partial charge in [-0.25, -0.2) is 9.59 Å². The zero-order valence-corrected chi connectivity index (χ0v) is 23.3. The number of rotatable bonds is 12. The summed E-state index contributed by atoms with van der Waals surface area (Å²) < 4.78 is 11.6. The average Bonchev–Trinajstić information content (AvgIpc) is 3.03. The number of carbonyl (C=O) groups excluding carboxylic acids is 3. The van der Waals surface area contributed by atoms with Crippen molar-refractivity contribution in [1.29, 1.82) is 0 Å². The molecule has 9 nitrogen and oxygen atoms in total. The molecule has 2 amide bonds. The second kappa shape index (κ2) is 15.0. The van der Waals surface area contributed by atoms with Gasteiger partial charge in [0.1, 0.15) is 18.2 Å². The number of pyridine rings is 1. The fourth-order valence-electron chi connectivity index (χ4n) is 4.57. The topological polar surface area (TPSA) is 116 Å². The fourth-order valence-corrected chi connectivity index (χ4v) is 4.57. The number of hydrogen-bond acceptors (Lipinski definition) is 6. The Bertz CT molecular complexity index is 1480. The molecule has 1 aromatic heterocycles. The van der Waals surface area contributed by atoms with Crippen LogP contribution in [0.25, 0.3) is 0 Å². The van der Waals surface area contributed by atoms with E-state index in [1.807, 2.05) is 91.0 Å². The largest absolute Gasteiger partial charge is 0.467 e. The summed E-state index contributed by atoms with van der Waals surface area (Å²) in [7, 11) is 1.22. The summed E-state index contributed by atoms with van der Waals surface area (Å²) in [4.78, 5) is 51.4. The fraction of sp³-hybridized carbons (Fsp3) is 0.212. The van der Waals surface area contributed by atoms with Gasteiger partial charge >= 0.3 is 12.1 Å². The van der Waals surface area contributed by atoms with Crippen LogP contribution >= 0.6 is 0 Å². The van der Waals surface area contributed by atoms with Crippen molar-refractivity contribution in [1.82, 2.24) is 15.2 Å². The Morgan fingerprint density at radius 2 is 1.40 bits per heavy atom. The van der Waals surface area contributed by atoms with Gasteiger partial charge in [0.2, 0.25) is 0 Å². The van der Waals surface area contributed by atoms with Crippen molar-refractivity contribution in [3.8, 4) is 0 Å². The molecule has 9 heteroatoms. The van der Waals surface area contributed by atoms with Gasteiger partial charge in [0.25, 0.3) is 11.5 Å². The normalized spacial score (nSPS) is 11.4. The molecule has 0 saturated heterocycles. The number of hydrogen-bond donors (Lipinski definition) is 2. The molecule has 4 rings (SSSR count). The van der Waals surface area contributed by atoms with E-state index in [1.54, 1.807) is 12.3 Å². The Hall–Kier alpha value is -5.18. The first-order valence-corrected chi connectivity index (χ1v) is 13.6. The molecule has 0 radical (unpaired) electrons. The van der Waals surface area contributed by atoms with Crippen molar-refractivity contribution >= 4 is 18.0 Å². The number of esters is 1. The van der Waals surface area contributed by atoms with Crippen LogP contribution < -0.4 is 16.2 Å². The Balaban J connectivity index is 1.42. The lowest BCUT2D eigenvalue weighted by atomic mass is 9.98. The van der Waals surface area contributed by atoms with E-state index in [0.717, 1.165) is 16.7 Å². The predicted octanol–water partition coefficient (Wildman–Crippen LogP) is 4.46. The minimum Gasteiger partial charge on any atom is -0.467 e. The molecule has 0 aliphatic heterocycles. The molecular formula is C33H33N3O6. The van der Waals surface area contributed by atoms with Crippen LogP contribution in [0, 0.1) is 0 Å². The van der Waals surface area contributed by atoms with Crippen molar-refractivity contribution in [3.63, 3.8) is 0 Å². The second-order valence-electron chi connectivity index (χ2n) is 9.54. The van der Waals surface area contributed by atoms with Gasteiger partial charge in [0.05, 0.1) is 13.2 Å². The quantitative estimate of drug-likeness (QED) is 0.193. The van der Waals surface area contributed by atoms with Crippen LogP contribution in [0.15, 0.2) is 114 Å². The summed E-state index contributed by atoms with van der Waals surface area (Å²) in [5.74, 6) is -1.35. The number of aromatic nitrogens is 1. The van der Waals surface area contributed by atoms with E-state index in [4.69, 9.17) is 9.47 Å². The first-order valence-electron chi connectivity index (χ1n) is 13.6. The molecule has 1 atom stereocenters. The van der Waals surface area contributed by atoms with Crippen molar-refractivity contribution in [2.75, 3.05) is 13.7 Å². The molecule has 0 saturated carbocycles. The SMILES string of the molecule is COC(=O)[C@H](CCCNC(=O)OCc1ccccc1)NC(=O)c1cccn(C(c2ccccc2)c2ccccc2)c1=O. The number of amides is 2. The maximum atomic E-state index is 13.6. The van der Waals surface area contributed by atoms with Crippen LogP contribution in [0.2, 0.25) is 0 Å². The summed E-state index contributed by atoms with van der Waals surface area (Å²) in [6.45, 7) is 0.350. The van der Waals surface area contributed by atoms with E-state index in [0.29, 0.717) is 6.42 Å². The number of ether oxygens (including phenoxy) is 2. The first kappa shape index (κ1) is 29.8. The van der Waals surface area contributed by atoms with Crippen LogP contribution in [-0.2, 0) is 20.9 Å². The van der Waals surface area contributed by atoms with Crippen LogP contribution in [-0.4, -0.2) is 42.2 Å². The molecule has 0 aliphatic carbocycles. The van der Waals surface area contributed by atoms with Crippen molar-refractivity contribution < 1.29 is 23.9 Å². The Morgan fingerprint density at radius 3 is 2.00 bits per heavy atom. The molecule has 0 spiro atoms. The highest BCUT2D eigenvalue weighted by atomic mass is 16.5. The maximum Gasteiger partial charge on any atom is 0.407 e. The third kappa shape index (κ3) is 7.94. The van der Waals surface area contributed by atoms with E-state index < -0.39 is 35.6 Å². The molecule has 42 heavy (non-hydrogen) atoms. The van der Waals surface area contributed by atoms with Crippen LogP contribution in [0.5, 0.6) is 0 Å². The van der Waals surface area contributed by atoms with Gasteiger partial charge in [-0.15, -0.1) is 0 Å². The minimum atomic E-state index is -1.02. The van der Waals surface area contributed by atoms with Gasteiger partial charge in [0.15, 0.2) is 0 Å². The summed E-state index contributed by atoms with van der Waals surface area (Å²) >= 11 is 0. The van der Waals surface area contributed by atoms with E-state index >= 15 is 0 Å². The molecule has 1 heterocycles. The molecule has 2 N–H and O–H groups in total. The summed E-state index contributed by atoms with van der Waals surface area (Å²) in [6.07, 6.45) is 1.58. The lowest BCUT2D eigenvalue weighted by Crippen LogP contribution is -2.44. The Kier molecular flexibility index (Phi) is 10.6. The van der Waals surface area contributed by atoms with Crippen LogP contribution in [0.4, 0.5) is 4.79 Å². The van der Waals surface area contributed by atoms with Gasteiger partial charge in [-0.1, -0.05) is 91.0 Å². The number of nitrogens with one attached hydrogen (secondary N) is 2. The van der Waals surface area contributed by atoms with Crippen molar-refractivity contribution in [2.45, 2.75) is 31.5 Å². The van der Waals surface area contributed by atoms with Gasteiger partial charge in [0, 0.05) is 12.7 Å². The Labute approximate surface area is 244 Å². The minimum absolute atomic E-state index is 0.106. The lowest BCUT2D eigenvalue weighted by molar-refractivity contribution is -0.143. The number of alkyl carbamates (subject to hydrolysis) is 1. The van der Waals surface area contributed by atoms with Crippen LogP contribution in [0.3, 0.4) is 0 Å².